The number of nitrogens with two attached hydrogens (primary N) is 1. The molecule has 1 aliphatic rings. The normalized spacial score (nSPS) is 16.8. The fourth-order valence-corrected chi connectivity index (χ4v) is 2.09. The van der Waals surface area contributed by atoms with Gasteiger partial charge in [-0.15, -0.1) is 24.8 Å². The van der Waals surface area contributed by atoms with E-state index in [0.717, 1.165) is 24.2 Å². The van der Waals surface area contributed by atoms with E-state index in [-0.39, 0.29) is 36.8 Å². The predicted molar refractivity (Wildman–Crippen MR) is 76.4 cm³/mol. The summed E-state index contributed by atoms with van der Waals surface area (Å²) < 4.78 is 4.69. The van der Waals surface area contributed by atoms with Crippen LogP contribution >= 0.6 is 24.8 Å². The van der Waals surface area contributed by atoms with Crippen LogP contribution in [0.25, 0.3) is 0 Å². The summed E-state index contributed by atoms with van der Waals surface area (Å²) in [7, 11) is 1.41. The van der Waals surface area contributed by atoms with Crippen LogP contribution in [-0.4, -0.2) is 19.6 Å². The quantitative estimate of drug-likeness (QED) is 0.645. The number of benzene rings is 1. The van der Waals surface area contributed by atoms with Crippen molar-refractivity contribution in [2.24, 2.45) is 0 Å². The van der Waals surface area contributed by atoms with Crippen molar-refractivity contribution in [3.05, 3.63) is 29.3 Å². The maximum atomic E-state index is 11.3. The maximum Gasteiger partial charge on any atom is 0.307 e. The van der Waals surface area contributed by atoms with E-state index in [1.807, 2.05) is 18.2 Å². The van der Waals surface area contributed by atoms with Gasteiger partial charge in [0.2, 0.25) is 0 Å². The summed E-state index contributed by atoms with van der Waals surface area (Å²) in [4.78, 5) is 11.3. The van der Waals surface area contributed by atoms with Gasteiger partial charge in [-0.05, 0) is 36.2 Å². The molecule has 0 amide bonds. The second-order valence-electron chi connectivity index (χ2n) is 4.00. The van der Waals surface area contributed by atoms with Gasteiger partial charge >= 0.3 is 5.97 Å². The van der Waals surface area contributed by atoms with Gasteiger partial charge < -0.3 is 15.8 Å². The third-order valence-corrected chi connectivity index (χ3v) is 2.93. The second-order valence-corrected chi connectivity index (χ2v) is 4.00. The molecule has 102 valence electrons. The molecule has 4 nitrogen and oxygen atoms in total. The lowest BCUT2D eigenvalue weighted by atomic mass is 9.92. The minimum absolute atomic E-state index is 0. The number of nitrogens with one attached hydrogen (secondary N) is 1. The van der Waals surface area contributed by atoms with Crippen LogP contribution in [0.5, 0.6) is 0 Å². The summed E-state index contributed by atoms with van der Waals surface area (Å²) in [6.07, 6.45) is 1.33. The minimum Gasteiger partial charge on any atom is -0.469 e. The Morgan fingerprint density at radius 1 is 1.50 bits per heavy atom. The molecule has 1 aromatic carbocycles. The van der Waals surface area contributed by atoms with Crippen molar-refractivity contribution in [2.75, 3.05) is 19.4 Å². The molecule has 3 N–H and O–H groups in total. The standard InChI is InChI=1S/C12H16N2O2.2ClH/c1-16-12(15)7-11-10-6-9(13)3-2-8(10)4-5-14-11;;/h2-3,6,11,14H,4-5,7,13H2,1H3;2*1H. The van der Waals surface area contributed by atoms with E-state index in [9.17, 15) is 4.79 Å². The first-order valence-corrected chi connectivity index (χ1v) is 5.39. The Labute approximate surface area is 119 Å². The zero-order chi connectivity index (χ0) is 11.5. The van der Waals surface area contributed by atoms with Crippen molar-refractivity contribution in [1.82, 2.24) is 5.32 Å². The fraction of sp³-hybridized carbons (Fsp3) is 0.417. The van der Waals surface area contributed by atoms with Gasteiger partial charge in [0.1, 0.15) is 0 Å². The molecule has 1 unspecified atom stereocenters. The SMILES string of the molecule is COC(=O)CC1NCCc2ccc(N)cc21.Cl.Cl. The smallest absolute Gasteiger partial charge is 0.307 e. The Kier molecular flexibility index (Phi) is 7.06. The number of methoxy groups -OCH3 is 1. The Balaban J connectivity index is 0.00000144. The summed E-state index contributed by atoms with van der Waals surface area (Å²) in [6.45, 7) is 0.887. The van der Waals surface area contributed by atoms with Crippen molar-refractivity contribution in [3.63, 3.8) is 0 Å². The highest BCUT2D eigenvalue weighted by Gasteiger charge is 2.22. The lowest BCUT2D eigenvalue weighted by Crippen LogP contribution is -2.31. The van der Waals surface area contributed by atoms with Crippen molar-refractivity contribution >= 4 is 36.5 Å². The molecule has 0 aliphatic carbocycles. The van der Waals surface area contributed by atoms with Gasteiger partial charge in [0.15, 0.2) is 0 Å². The molecule has 1 aliphatic heterocycles. The highest BCUT2D eigenvalue weighted by Crippen LogP contribution is 2.27. The summed E-state index contributed by atoms with van der Waals surface area (Å²) in [5, 5.41) is 3.31. The van der Waals surface area contributed by atoms with Crippen LogP contribution in [0.15, 0.2) is 18.2 Å². The minimum atomic E-state index is -0.201. The van der Waals surface area contributed by atoms with Gasteiger partial charge in [0.05, 0.1) is 13.5 Å². The van der Waals surface area contributed by atoms with Crippen LogP contribution in [0.2, 0.25) is 0 Å². The van der Waals surface area contributed by atoms with Gasteiger partial charge in [-0.1, -0.05) is 6.07 Å². The molecule has 0 spiro atoms. The number of halogens is 2. The van der Waals surface area contributed by atoms with Gasteiger partial charge in [-0.2, -0.15) is 0 Å². The monoisotopic (exact) mass is 292 g/mol. The Hall–Kier alpha value is -0.970. The van der Waals surface area contributed by atoms with Gasteiger partial charge in [-0.25, -0.2) is 0 Å². The van der Waals surface area contributed by atoms with E-state index in [1.54, 1.807) is 0 Å². The third kappa shape index (κ3) is 3.77. The highest BCUT2D eigenvalue weighted by atomic mass is 35.5. The van der Waals surface area contributed by atoms with Crippen LogP contribution in [-0.2, 0) is 16.0 Å². The van der Waals surface area contributed by atoms with E-state index in [0.29, 0.717) is 6.42 Å². The summed E-state index contributed by atoms with van der Waals surface area (Å²) in [5.41, 5.74) is 8.88. The number of carbonyl (C=O) groups is 1. The molecule has 6 heteroatoms. The zero-order valence-corrected chi connectivity index (χ0v) is 11.8. The lowest BCUT2D eigenvalue weighted by Gasteiger charge is -2.26. The van der Waals surface area contributed by atoms with E-state index >= 15 is 0 Å². The Morgan fingerprint density at radius 2 is 2.22 bits per heavy atom. The van der Waals surface area contributed by atoms with Crippen molar-refractivity contribution in [2.45, 2.75) is 18.9 Å². The van der Waals surface area contributed by atoms with E-state index < -0.39 is 0 Å². The average Bonchev–Trinajstić information content (AvgIpc) is 2.29. The molecule has 2 rings (SSSR count). The third-order valence-electron chi connectivity index (χ3n) is 2.93. The molecular formula is C12H18Cl2N2O2. The van der Waals surface area contributed by atoms with Crippen molar-refractivity contribution in [3.8, 4) is 0 Å². The first kappa shape index (κ1) is 17.0. The molecule has 0 saturated carbocycles. The molecule has 0 radical (unpaired) electrons. The lowest BCUT2D eigenvalue weighted by molar-refractivity contribution is -0.141. The number of hydrogen-bond donors (Lipinski definition) is 2. The molecule has 18 heavy (non-hydrogen) atoms. The average molecular weight is 293 g/mol. The van der Waals surface area contributed by atoms with Crippen molar-refractivity contribution < 1.29 is 9.53 Å². The Morgan fingerprint density at radius 3 is 2.89 bits per heavy atom. The van der Waals surface area contributed by atoms with Crippen LogP contribution < -0.4 is 11.1 Å². The predicted octanol–water partition coefficient (Wildman–Crippen LogP) is 1.86. The number of carbonyl (C=O) groups excluding carboxylic acids is 1. The Bertz CT molecular complexity index is 413. The van der Waals surface area contributed by atoms with Crippen LogP contribution in [0, 0.1) is 0 Å². The second kappa shape index (κ2) is 7.46. The van der Waals surface area contributed by atoms with Gasteiger partial charge in [0, 0.05) is 11.7 Å². The zero-order valence-electron chi connectivity index (χ0n) is 10.1. The van der Waals surface area contributed by atoms with Crippen LogP contribution in [0.1, 0.15) is 23.6 Å². The van der Waals surface area contributed by atoms with Crippen molar-refractivity contribution in [1.29, 1.82) is 0 Å². The molecule has 0 aromatic heterocycles. The summed E-state index contributed by atoms with van der Waals surface area (Å²) in [6, 6.07) is 5.91. The number of esters is 1. The maximum absolute atomic E-state index is 11.3. The molecule has 0 fully saturated rings. The summed E-state index contributed by atoms with van der Waals surface area (Å²) >= 11 is 0. The van der Waals surface area contributed by atoms with E-state index in [2.05, 4.69) is 10.1 Å². The number of anilines is 1. The fourth-order valence-electron chi connectivity index (χ4n) is 2.09. The number of hydrogen-bond acceptors (Lipinski definition) is 4. The van der Waals surface area contributed by atoms with Gasteiger partial charge in [-0.3, -0.25) is 4.79 Å². The first-order chi connectivity index (χ1) is 7.70. The van der Waals surface area contributed by atoms with E-state index in [4.69, 9.17) is 5.73 Å². The molecule has 0 bridgehead atoms. The van der Waals surface area contributed by atoms with Crippen LogP contribution in [0.3, 0.4) is 0 Å². The topological polar surface area (TPSA) is 64.3 Å². The molecule has 1 heterocycles. The van der Waals surface area contributed by atoms with Gasteiger partial charge in [0.25, 0.3) is 0 Å². The van der Waals surface area contributed by atoms with E-state index in [1.165, 1.54) is 12.7 Å². The number of fused-ring (bicyclic) bond motifs is 1. The summed E-state index contributed by atoms with van der Waals surface area (Å²) in [5.74, 6) is -0.201. The molecule has 0 saturated heterocycles. The van der Waals surface area contributed by atoms with Crippen LogP contribution in [0.4, 0.5) is 5.69 Å². The number of nitrogen functional groups attached to an aromatic ring is 1. The first-order valence-electron chi connectivity index (χ1n) is 5.39. The largest absolute Gasteiger partial charge is 0.469 e. The highest BCUT2D eigenvalue weighted by molar-refractivity contribution is 5.85. The molecule has 1 aromatic rings. The molecular weight excluding hydrogens is 275 g/mol. The number of rotatable bonds is 2. The number of ether oxygens (including phenoxy) is 1. The molecule has 1 atom stereocenters.